The molecule has 4 heteroatoms. The lowest BCUT2D eigenvalue weighted by Gasteiger charge is -2.51. The van der Waals surface area contributed by atoms with E-state index in [1.165, 1.54) is 5.56 Å². The van der Waals surface area contributed by atoms with Gasteiger partial charge in [0.15, 0.2) is 11.5 Å². The Kier molecular flexibility index (Phi) is 2.57. The van der Waals surface area contributed by atoms with Gasteiger partial charge in [0.05, 0.1) is 13.2 Å². The average Bonchev–Trinajstić information content (AvgIpc) is 2.78. The smallest absolute Gasteiger partial charge is 0.165 e. The Bertz CT molecular complexity index is 547. The fraction of sp³-hybridized carbons (Fsp3) is 0.625. The number of hydrogen-bond acceptors (Lipinski definition) is 4. The number of para-hydroxylation sites is 1. The van der Waals surface area contributed by atoms with Crippen molar-refractivity contribution in [3.05, 3.63) is 23.8 Å². The van der Waals surface area contributed by atoms with E-state index in [-0.39, 0.29) is 11.5 Å². The highest BCUT2D eigenvalue weighted by Crippen LogP contribution is 2.57. The van der Waals surface area contributed by atoms with Crippen LogP contribution in [0.5, 0.6) is 11.5 Å². The second kappa shape index (κ2) is 4.12. The van der Waals surface area contributed by atoms with Crippen molar-refractivity contribution in [1.29, 1.82) is 0 Å². The first-order chi connectivity index (χ1) is 9.65. The molecule has 20 heavy (non-hydrogen) atoms. The summed E-state index contributed by atoms with van der Waals surface area (Å²) >= 11 is 0. The van der Waals surface area contributed by atoms with Gasteiger partial charge < -0.3 is 19.5 Å². The first-order valence-corrected chi connectivity index (χ1v) is 7.38. The molecule has 108 valence electrons. The highest BCUT2D eigenvalue weighted by atomic mass is 16.5. The van der Waals surface area contributed by atoms with Crippen LogP contribution in [-0.4, -0.2) is 49.0 Å². The van der Waals surface area contributed by atoms with Crippen molar-refractivity contribution in [2.75, 3.05) is 20.7 Å². The third-order valence-corrected chi connectivity index (χ3v) is 5.52. The van der Waals surface area contributed by atoms with Crippen LogP contribution in [0.1, 0.15) is 24.8 Å². The minimum Gasteiger partial charge on any atom is -0.493 e. The zero-order chi connectivity index (χ0) is 13.9. The number of aliphatic hydroxyl groups excluding tert-OH is 1. The number of piperidine rings is 1. The molecule has 1 saturated carbocycles. The van der Waals surface area contributed by atoms with E-state index in [2.05, 4.69) is 18.0 Å². The summed E-state index contributed by atoms with van der Waals surface area (Å²) in [7, 11) is 3.83. The largest absolute Gasteiger partial charge is 0.493 e. The molecule has 1 spiro atoms. The topological polar surface area (TPSA) is 41.9 Å². The molecule has 4 nitrogen and oxygen atoms in total. The van der Waals surface area contributed by atoms with Crippen molar-refractivity contribution < 1.29 is 14.6 Å². The lowest BCUT2D eigenvalue weighted by Crippen LogP contribution is -2.61. The Morgan fingerprint density at radius 2 is 2.30 bits per heavy atom. The van der Waals surface area contributed by atoms with E-state index in [1.807, 2.05) is 12.1 Å². The van der Waals surface area contributed by atoms with Crippen molar-refractivity contribution in [2.24, 2.45) is 0 Å². The van der Waals surface area contributed by atoms with E-state index in [4.69, 9.17) is 9.47 Å². The summed E-state index contributed by atoms with van der Waals surface area (Å²) in [5.41, 5.74) is 1.21. The summed E-state index contributed by atoms with van der Waals surface area (Å²) in [5, 5.41) is 10.5. The quantitative estimate of drug-likeness (QED) is 0.844. The average molecular weight is 275 g/mol. The molecule has 4 atom stereocenters. The zero-order valence-electron chi connectivity index (χ0n) is 12.0. The van der Waals surface area contributed by atoms with E-state index in [0.29, 0.717) is 6.04 Å². The van der Waals surface area contributed by atoms with Crippen molar-refractivity contribution in [2.45, 2.75) is 42.9 Å². The third kappa shape index (κ3) is 1.44. The van der Waals surface area contributed by atoms with Crippen LogP contribution in [0.3, 0.4) is 0 Å². The van der Waals surface area contributed by atoms with Gasteiger partial charge in [-0.2, -0.15) is 0 Å². The van der Waals surface area contributed by atoms with Crippen LogP contribution in [0.25, 0.3) is 0 Å². The predicted octanol–water partition coefficient (Wildman–Crippen LogP) is 1.55. The highest BCUT2D eigenvalue weighted by Gasteiger charge is 2.58. The molecule has 2 aliphatic heterocycles. The van der Waals surface area contributed by atoms with E-state index in [9.17, 15) is 5.11 Å². The van der Waals surface area contributed by atoms with Crippen molar-refractivity contribution >= 4 is 0 Å². The third-order valence-electron chi connectivity index (χ3n) is 5.52. The van der Waals surface area contributed by atoms with Crippen LogP contribution in [0, 0.1) is 0 Å². The SMILES string of the molecule is COc1cccc2c1O[C@H]1[C@@H](O)C[C@H]3C[C@@]21CCN3C. The van der Waals surface area contributed by atoms with E-state index >= 15 is 0 Å². The maximum absolute atomic E-state index is 10.5. The summed E-state index contributed by atoms with van der Waals surface area (Å²) in [6, 6.07) is 6.58. The standard InChI is InChI=1S/C16H21NO3/c1-17-7-6-16-9-10(17)8-12(18)15(16)20-14-11(16)4-3-5-13(14)19-2/h3-5,10,12,15,18H,6-9H2,1-2H3/t10-,12-,15-,16-/m0/s1. The van der Waals surface area contributed by atoms with E-state index < -0.39 is 6.10 Å². The fourth-order valence-corrected chi connectivity index (χ4v) is 4.44. The monoisotopic (exact) mass is 275 g/mol. The molecule has 1 aromatic carbocycles. The Labute approximate surface area is 119 Å². The van der Waals surface area contributed by atoms with Crippen molar-refractivity contribution in [3.63, 3.8) is 0 Å². The van der Waals surface area contributed by atoms with Gasteiger partial charge in [0.25, 0.3) is 0 Å². The number of benzene rings is 1. The van der Waals surface area contributed by atoms with Gasteiger partial charge in [-0.15, -0.1) is 0 Å². The second-order valence-corrected chi connectivity index (χ2v) is 6.42. The molecular weight excluding hydrogens is 254 g/mol. The predicted molar refractivity (Wildman–Crippen MR) is 75.4 cm³/mol. The second-order valence-electron chi connectivity index (χ2n) is 6.42. The molecule has 1 aliphatic carbocycles. The summed E-state index contributed by atoms with van der Waals surface area (Å²) < 4.78 is 11.6. The van der Waals surface area contributed by atoms with Gasteiger partial charge in [-0.25, -0.2) is 0 Å². The number of ether oxygens (including phenoxy) is 2. The lowest BCUT2D eigenvalue weighted by molar-refractivity contribution is -0.0786. The number of fused-ring (bicyclic) bond motifs is 2. The first kappa shape index (κ1) is 12.5. The maximum Gasteiger partial charge on any atom is 0.165 e. The number of aliphatic hydroxyl groups is 1. The lowest BCUT2D eigenvalue weighted by atomic mass is 9.62. The summed E-state index contributed by atoms with van der Waals surface area (Å²) in [4.78, 5) is 2.38. The zero-order valence-corrected chi connectivity index (χ0v) is 12.0. The maximum atomic E-state index is 10.5. The molecule has 0 amide bonds. The van der Waals surface area contributed by atoms with Gasteiger partial charge >= 0.3 is 0 Å². The van der Waals surface area contributed by atoms with Gasteiger partial charge in [0, 0.05) is 17.0 Å². The molecule has 3 aliphatic rings. The normalized spacial score (nSPS) is 38.9. The minimum absolute atomic E-state index is 0.0291. The van der Waals surface area contributed by atoms with Crippen LogP contribution in [0.2, 0.25) is 0 Å². The Hall–Kier alpha value is -1.26. The molecule has 1 aromatic rings. The Morgan fingerprint density at radius 3 is 3.10 bits per heavy atom. The number of rotatable bonds is 1. The van der Waals surface area contributed by atoms with E-state index in [0.717, 1.165) is 37.3 Å². The van der Waals surface area contributed by atoms with Crippen molar-refractivity contribution in [3.8, 4) is 11.5 Å². The Balaban J connectivity index is 1.85. The van der Waals surface area contributed by atoms with Gasteiger partial charge in [-0.1, -0.05) is 12.1 Å². The van der Waals surface area contributed by atoms with Crippen LogP contribution in [0.15, 0.2) is 18.2 Å². The Morgan fingerprint density at radius 1 is 1.45 bits per heavy atom. The summed E-state index contributed by atoms with van der Waals surface area (Å²) in [6.45, 7) is 1.06. The van der Waals surface area contributed by atoms with Crippen LogP contribution < -0.4 is 9.47 Å². The molecule has 0 unspecified atom stereocenters. The number of likely N-dealkylation sites (tertiary alicyclic amines) is 1. The molecule has 4 rings (SSSR count). The molecule has 1 saturated heterocycles. The van der Waals surface area contributed by atoms with Crippen molar-refractivity contribution in [1.82, 2.24) is 4.90 Å². The van der Waals surface area contributed by atoms with Gasteiger partial charge in [-0.05, 0) is 38.9 Å². The van der Waals surface area contributed by atoms with E-state index in [1.54, 1.807) is 7.11 Å². The summed E-state index contributed by atoms with van der Waals surface area (Å²) in [6.07, 6.45) is 2.42. The molecule has 0 radical (unpaired) electrons. The fourth-order valence-electron chi connectivity index (χ4n) is 4.44. The minimum atomic E-state index is -0.395. The molecule has 2 fully saturated rings. The van der Waals surface area contributed by atoms with Gasteiger partial charge in [-0.3, -0.25) is 0 Å². The first-order valence-electron chi connectivity index (χ1n) is 7.38. The number of methoxy groups -OCH3 is 1. The summed E-state index contributed by atoms with van der Waals surface area (Å²) in [5.74, 6) is 1.64. The molecule has 0 aromatic heterocycles. The number of hydrogen-bond donors (Lipinski definition) is 1. The van der Waals surface area contributed by atoms with Crippen LogP contribution in [-0.2, 0) is 5.41 Å². The van der Waals surface area contributed by atoms with Crippen LogP contribution in [0.4, 0.5) is 0 Å². The molecular formula is C16H21NO3. The molecule has 1 N–H and O–H groups in total. The molecule has 2 heterocycles. The molecule has 2 bridgehead atoms. The van der Waals surface area contributed by atoms with Gasteiger partial charge in [0.2, 0.25) is 0 Å². The van der Waals surface area contributed by atoms with Crippen LogP contribution >= 0.6 is 0 Å². The highest BCUT2D eigenvalue weighted by molar-refractivity contribution is 5.55. The van der Waals surface area contributed by atoms with Gasteiger partial charge in [0.1, 0.15) is 6.10 Å². The number of nitrogens with zero attached hydrogens (tertiary/aromatic N) is 1.